The first kappa shape index (κ1) is 23.9. The minimum Gasteiger partial charge on any atom is -0.494 e. The SMILES string of the molecule is COc1cc(N2CCN(C)CC2)ccc1Nc1ncc2c(n1)N(C)C(=O)N(c1c(C)cccc1C)C2. The van der Waals surface area contributed by atoms with Gasteiger partial charge in [-0.3, -0.25) is 9.80 Å². The Morgan fingerprint density at radius 1 is 1.00 bits per heavy atom. The maximum atomic E-state index is 13.3. The number of piperazine rings is 1. The van der Waals surface area contributed by atoms with Gasteiger partial charge in [0, 0.05) is 56.7 Å². The minimum absolute atomic E-state index is 0.112. The van der Waals surface area contributed by atoms with Gasteiger partial charge in [0.05, 0.1) is 25.0 Å². The predicted octanol–water partition coefficient (Wildman–Crippen LogP) is 4.17. The zero-order valence-electron chi connectivity index (χ0n) is 21.6. The number of likely N-dealkylation sites (N-methyl/N-ethyl adjacent to an activating group) is 1. The largest absolute Gasteiger partial charge is 0.494 e. The average molecular weight is 488 g/mol. The van der Waals surface area contributed by atoms with E-state index in [2.05, 4.69) is 33.2 Å². The molecule has 0 atom stereocenters. The van der Waals surface area contributed by atoms with Crippen molar-refractivity contribution in [1.29, 1.82) is 0 Å². The average Bonchev–Trinajstić information content (AvgIpc) is 2.88. The van der Waals surface area contributed by atoms with Crippen molar-refractivity contribution >= 4 is 34.9 Å². The number of aryl methyl sites for hydroxylation is 2. The summed E-state index contributed by atoms with van der Waals surface area (Å²) in [5.74, 6) is 1.74. The van der Waals surface area contributed by atoms with Crippen molar-refractivity contribution in [3.63, 3.8) is 0 Å². The Morgan fingerprint density at radius 2 is 1.72 bits per heavy atom. The second-order valence-electron chi connectivity index (χ2n) is 9.51. The van der Waals surface area contributed by atoms with Gasteiger partial charge in [-0.05, 0) is 44.2 Å². The highest BCUT2D eigenvalue weighted by atomic mass is 16.5. The first-order valence-corrected chi connectivity index (χ1v) is 12.2. The van der Waals surface area contributed by atoms with Gasteiger partial charge in [0.25, 0.3) is 0 Å². The van der Waals surface area contributed by atoms with E-state index in [-0.39, 0.29) is 6.03 Å². The molecule has 1 N–H and O–H groups in total. The molecule has 9 heteroatoms. The zero-order valence-corrected chi connectivity index (χ0v) is 21.6. The standard InChI is InChI=1S/C27H33N7O2/c1-18-7-6-8-19(2)24(18)34-17-20-16-28-26(30-25(20)32(4)27(34)35)29-22-10-9-21(15-23(22)36-5)33-13-11-31(3)12-14-33/h6-10,15-16H,11-14,17H2,1-5H3,(H,28,29,30). The molecule has 0 spiro atoms. The van der Waals surface area contributed by atoms with Crippen LogP contribution in [-0.2, 0) is 6.54 Å². The predicted molar refractivity (Wildman–Crippen MR) is 144 cm³/mol. The number of nitrogens with one attached hydrogen (secondary N) is 1. The maximum absolute atomic E-state index is 13.3. The number of amides is 2. The molecule has 2 aromatic carbocycles. The number of para-hydroxylation sites is 1. The third-order valence-electron chi connectivity index (χ3n) is 7.02. The number of carbonyl (C=O) groups excluding carboxylic acids is 1. The summed E-state index contributed by atoms with van der Waals surface area (Å²) in [6.45, 7) is 8.53. The monoisotopic (exact) mass is 487 g/mol. The van der Waals surface area contributed by atoms with Crippen LogP contribution in [0, 0.1) is 13.8 Å². The molecule has 1 fully saturated rings. The van der Waals surface area contributed by atoms with Crippen LogP contribution in [0.1, 0.15) is 16.7 Å². The molecule has 188 valence electrons. The van der Waals surface area contributed by atoms with Crippen LogP contribution in [0.3, 0.4) is 0 Å². The van der Waals surface area contributed by atoms with Crippen LogP contribution >= 0.6 is 0 Å². The van der Waals surface area contributed by atoms with Crippen molar-refractivity contribution in [2.75, 3.05) is 67.4 Å². The van der Waals surface area contributed by atoms with Crippen LogP contribution < -0.4 is 24.8 Å². The summed E-state index contributed by atoms with van der Waals surface area (Å²) in [4.78, 5) is 30.6. The van der Waals surface area contributed by atoms with E-state index in [4.69, 9.17) is 9.72 Å². The molecule has 1 saturated heterocycles. The summed E-state index contributed by atoms with van der Waals surface area (Å²) in [6.07, 6.45) is 1.79. The molecule has 2 aliphatic heterocycles. The summed E-state index contributed by atoms with van der Waals surface area (Å²) in [7, 11) is 5.56. The lowest BCUT2D eigenvalue weighted by Gasteiger charge is -2.35. The van der Waals surface area contributed by atoms with Crippen LogP contribution in [-0.4, -0.2) is 68.3 Å². The molecule has 0 bridgehead atoms. The number of ether oxygens (including phenoxy) is 1. The van der Waals surface area contributed by atoms with Gasteiger partial charge < -0.3 is 19.9 Å². The van der Waals surface area contributed by atoms with Crippen molar-refractivity contribution in [1.82, 2.24) is 14.9 Å². The Morgan fingerprint density at radius 3 is 2.42 bits per heavy atom. The molecule has 2 aliphatic rings. The van der Waals surface area contributed by atoms with E-state index >= 15 is 0 Å². The zero-order chi connectivity index (χ0) is 25.4. The normalized spacial score (nSPS) is 16.2. The first-order valence-electron chi connectivity index (χ1n) is 12.2. The van der Waals surface area contributed by atoms with Crippen molar-refractivity contribution < 1.29 is 9.53 Å². The summed E-state index contributed by atoms with van der Waals surface area (Å²) in [6, 6.07) is 12.1. The van der Waals surface area contributed by atoms with Gasteiger partial charge in [-0.1, -0.05) is 18.2 Å². The third-order valence-corrected chi connectivity index (χ3v) is 7.02. The summed E-state index contributed by atoms with van der Waals surface area (Å²) >= 11 is 0. The first-order chi connectivity index (χ1) is 17.4. The Kier molecular flexibility index (Phi) is 6.40. The number of rotatable bonds is 5. The summed E-state index contributed by atoms with van der Waals surface area (Å²) in [5.41, 5.74) is 5.86. The van der Waals surface area contributed by atoms with Crippen LogP contribution in [0.25, 0.3) is 0 Å². The van der Waals surface area contributed by atoms with Gasteiger partial charge in [0.15, 0.2) is 0 Å². The molecule has 5 rings (SSSR count). The van der Waals surface area contributed by atoms with Gasteiger partial charge in [-0.2, -0.15) is 4.98 Å². The molecule has 3 heterocycles. The number of nitrogens with zero attached hydrogens (tertiary/aromatic N) is 6. The third kappa shape index (κ3) is 4.42. The van der Waals surface area contributed by atoms with E-state index in [1.807, 2.05) is 44.2 Å². The quantitative estimate of drug-likeness (QED) is 0.579. The summed E-state index contributed by atoms with van der Waals surface area (Å²) in [5, 5.41) is 3.28. The number of anilines is 5. The van der Waals surface area contributed by atoms with E-state index in [9.17, 15) is 4.79 Å². The highest BCUT2D eigenvalue weighted by Crippen LogP contribution is 2.35. The second kappa shape index (κ2) is 9.66. The maximum Gasteiger partial charge on any atom is 0.330 e. The lowest BCUT2D eigenvalue weighted by Crippen LogP contribution is -2.46. The molecule has 0 unspecified atom stereocenters. The van der Waals surface area contributed by atoms with Crippen LogP contribution in [0.5, 0.6) is 5.75 Å². The number of hydrogen-bond donors (Lipinski definition) is 1. The molecule has 2 amide bonds. The highest BCUT2D eigenvalue weighted by molar-refractivity contribution is 6.05. The number of methoxy groups -OCH3 is 1. The number of aromatic nitrogens is 2. The van der Waals surface area contributed by atoms with Gasteiger partial charge in [-0.25, -0.2) is 9.78 Å². The minimum atomic E-state index is -0.112. The van der Waals surface area contributed by atoms with E-state index in [1.54, 1.807) is 30.2 Å². The Labute approximate surface area is 212 Å². The van der Waals surface area contributed by atoms with Crippen molar-refractivity contribution in [2.24, 2.45) is 0 Å². The molecule has 3 aromatic rings. The molecule has 1 aromatic heterocycles. The van der Waals surface area contributed by atoms with E-state index in [0.717, 1.165) is 65.7 Å². The number of fused-ring (bicyclic) bond motifs is 1. The Hall–Kier alpha value is -3.85. The number of carbonyl (C=O) groups is 1. The molecule has 9 nitrogen and oxygen atoms in total. The molecule has 0 aliphatic carbocycles. The van der Waals surface area contributed by atoms with E-state index in [1.165, 1.54) is 0 Å². The van der Waals surface area contributed by atoms with Crippen LogP contribution in [0.15, 0.2) is 42.6 Å². The second-order valence-corrected chi connectivity index (χ2v) is 9.51. The lowest BCUT2D eigenvalue weighted by atomic mass is 10.1. The fourth-order valence-corrected chi connectivity index (χ4v) is 4.94. The highest BCUT2D eigenvalue weighted by Gasteiger charge is 2.32. The van der Waals surface area contributed by atoms with Gasteiger partial charge in [0.2, 0.25) is 5.95 Å². The molecular weight excluding hydrogens is 454 g/mol. The van der Waals surface area contributed by atoms with Crippen LogP contribution in [0.4, 0.5) is 33.6 Å². The molecule has 0 saturated carbocycles. The Balaban J connectivity index is 1.38. The van der Waals surface area contributed by atoms with Gasteiger partial charge in [0.1, 0.15) is 11.6 Å². The fourth-order valence-electron chi connectivity index (χ4n) is 4.94. The topological polar surface area (TPSA) is 77.1 Å². The van der Waals surface area contributed by atoms with Crippen LogP contribution in [0.2, 0.25) is 0 Å². The lowest BCUT2D eigenvalue weighted by molar-refractivity contribution is 0.251. The summed E-state index contributed by atoms with van der Waals surface area (Å²) < 4.78 is 5.68. The van der Waals surface area contributed by atoms with Gasteiger partial charge in [-0.15, -0.1) is 0 Å². The number of urea groups is 1. The Bertz CT molecular complexity index is 1270. The van der Waals surface area contributed by atoms with Gasteiger partial charge >= 0.3 is 6.03 Å². The van der Waals surface area contributed by atoms with Crippen molar-refractivity contribution in [3.8, 4) is 5.75 Å². The fraction of sp³-hybridized carbons (Fsp3) is 0.370. The van der Waals surface area contributed by atoms with E-state index < -0.39 is 0 Å². The van der Waals surface area contributed by atoms with Crippen molar-refractivity contribution in [3.05, 3.63) is 59.3 Å². The molecule has 0 radical (unpaired) electrons. The van der Waals surface area contributed by atoms with Crippen molar-refractivity contribution in [2.45, 2.75) is 20.4 Å². The van der Waals surface area contributed by atoms with E-state index in [0.29, 0.717) is 18.3 Å². The number of hydrogen-bond acceptors (Lipinski definition) is 7. The molecular formula is C27H33N7O2. The molecule has 36 heavy (non-hydrogen) atoms. The smallest absolute Gasteiger partial charge is 0.330 e. The number of benzene rings is 2.